The van der Waals surface area contributed by atoms with Crippen molar-refractivity contribution in [3.05, 3.63) is 83.3 Å². The lowest BCUT2D eigenvalue weighted by molar-refractivity contribution is -0.159. The molecular weight excluding hydrogens is 608 g/mol. The van der Waals surface area contributed by atoms with Gasteiger partial charge in [0.05, 0.1) is 5.41 Å². The number of carboxylic acid groups (broad SMARTS) is 1. The summed E-state index contributed by atoms with van der Waals surface area (Å²) in [5.74, 6) is -2.04. The predicted octanol–water partition coefficient (Wildman–Crippen LogP) is 0.632. The number of benzene rings is 1. The van der Waals surface area contributed by atoms with E-state index in [0.717, 1.165) is 21.1 Å². The summed E-state index contributed by atoms with van der Waals surface area (Å²) in [5.41, 5.74) is 5.80. The topological polar surface area (TPSA) is 222 Å². The molecule has 15 nitrogen and oxygen atoms in total. The number of fused-ring (bicyclic) bond motifs is 5. The number of aromatic amines is 1. The highest BCUT2D eigenvalue weighted by Gasteiger charge is 2.54. The van der Waals surface area contributed by atoms with E-state index < -0.39 is 39.7 Å². The molecule has 0 saturated heterocycles. The molecule has 0 spiro atoms. The van der Waals surface area contributed by atoms with Crippen molar-refractivity contribution in [3.63, 3.8) is 0 Å². The van der Waals surface area contributed by atoms with Gasteiger partial charge in [-0.2, -0.15) is 0 Å². The van der Waals surface area contributed by atoms with Crippen molar-refractivity contribution in [2.45, 2.75) is 71.0 Å². The van der Waals surface area contributed by atoms with Crippen molar-refractivity contribution in [2.75, 3.05) is 17.2 Å². The fourth-order valence-electron chi connectivity index (χ4n) is 7.70. The Morgan fingerprint density at radius 3 is 2.43 bits per heavy atom. The summed E-state index contributed by atoms with van der Waals surface area (Å²) in [5, 5.41) is 21.7. The van der Waals surface area contributed by atoms with Crippen molar-refractivity contribution in [1.29, 1.82) is 0 Å². The van der Waals surface area contributed by atoms with Gasteiger partial charge in [-0.25, -0.2) is 19.3 Å². The molecule has 3 fully saturated rings. The number of nitrogens with one attached hydrogen (secondary N) is 3. The van der Waals surface area contributed by atoms with Gasteiger partial charge in [-0.05, 0) is 80.0 Å². The van der Waals surface area contributed by atoms with Crippen LogP contribution in [0, 0.1) is 10.8 Å². The number of amides is 2. The van der Waals surface area contributed by atoms with Crippen LogP contribution in [0.3, 0.4) is 0 Å². The Balaban J connectivity index is 1.06. The fraction of sp³-hybridized carbons (Fsp3) is 0.438. The highest BCUT2D eigenvalue weighted by Crippen LogP contribution is 2.58. The van der Waals surface area contributed by atoms with Gasteiger partial charge in [-0.3, -0.25) is 24.0 Å². The number of carbonyl (C=O) groups is 3. The van der Waals surface area contributed by atoms with E-state index in [1.165, 1.54) is 6.07 Å². The molecule has 47 heavy (non-hydrogen) atoms. The summed E-state index contributed by atoms with van der Waals surface area (Å²) in [4.78, 5) is 81.1. The molecule has 1 atom stereocenters. The number of hydrogen-bond acceptors (Lipinski definition) is 10. The maximum Gasteiger partial charge on any atom is 0.349 e. The molecule has 2 amide bonds. The van der Waals surface area contributed by atoms with E-state index in [9.17, 15) is 33.9 Å². The molecule has 8 rings (SSSR count). The molecule has 2 bridgehead atoms. The lowest BCUT2D eigenvalue weighted by Gasteiger charge is -2.54. The van der Waals surface area contributed by atoms with Crippen LogP contribution in [-0.4, -0.2) is 55.1 Å². The third-order valence-corrected chi connectivity index (χ3v) is 10.9. The highest BCUT2D eigenvalue weighted by atomic mass is 16.4. The van der Waals surface area contributed by atoms with Gasteiger partial charge in [0, 0.05) is 25.7 Å². The molecular formula is C32H34N8O7. The van der Waals surface area contributed by atoms with Crippen LogP contribution in [0.25, 0.3) is 5.78 Å². The lowest BCUT2D eigenvalue weighted by atomic mass is 9.52. The number of carbonyl (C=O) groups excluding carboxylic acids is 2. The Morgan fingerprint density at radius 1 is 1.02 bits per heavy atom. The molecule has 1 unspecified atom stereocenters. The molecule has 6 N–H and O–H groups in total. The van der Waals surface area contributed by atoms with Gasteiger partial charge in [0.2, 0.25) is 0 Å². The van der Waals surface area contributed by atoms with Gasteiger partial charge in [-0.1, -0.05) is 18.2 Å². The number of nitrogens with two attached hydrogens (primary N) is 1. The second kappa shape index (κ2) is 10.9. The largest absolute Gasteiger partial charge is 0.481 e. The van der Waals surface area contributed by atoms with E-state index >= 15 is 0 Å². The van der Waals surface area contributed by atoms with Gasteiger partial charge in [0.1, 0.15) is 22.8 Å². The van der Waals surface area contributed by atoms with E-state index in [1.807, 2.05) is 25.1 Å². The first-order valence-corrected chi connectivity index (χ1v) is 15.7. The van der Waals surface area contributed by atoms with E-state index in [2.05, 4.69) is 25.8 Å². The Hall–Kier alpha value is -5.34. The molecule has 15 heteroatoms. The van der Waals surface area contributed by atoms with E-state index in [-0.39, 0.29) is 46.5 Å². The smallest absolute Gasteiger partial charge is 0.349 e. The summed E-state index contributed by atoms with van der Waals surface area (Å²) in [6.45, 7) is 2.99. The molecule has 2 aromatic carbocycles. The average Bonchev–Trinajstić information content (AvgIpc) is 3.47. The summed E-state index contributed by atoms with van der Waals surface area (Å²) in [7, 11) is 0. The maximum atomic E-state index is 13.6. The maximum absolute atomic E-state index is 13.6. The molecule has 3 aliphatic carbocycles. The monoisotopic (exact) mass is 642 g/mol. The minimum atomic E-state index is -0.756. The first-order chi connectivity index (χ1) is 22.4. The summed E-state index contributed by atoms with van der Waals surface area (Å²) >= 11 is 0. The van der Waals surface area contributed by atoms with Crippen LogP contribution in [-0.2, 0) is 24.3 Å². The number of nitrogen functional groups attached to an aromatic ring is 1. The Bertz CT molecular complexity index is 2080. The number of H-pyrrole nitrogens is 1. The van der Waals surface area contributed by atoms with Crippen molar-refractivity contribution in [3.8, 4) is 0 Å². The van der Waals surface area contributed by atoms with Crippen LogP contribution in [0.4, 0.5) is 11.4 Å². The molecule has 3 saturated carbocycles. The van der Waals surface area contributed by atoms with E-state index in [1.54, 1.807) is 4.90 Å². The second-order valence-corrected chi connectivity index (χ2v) is 13.2. The third kappa shape index (κ3) is 4.87. The van der Waals surface area contributed by atoms with Gasteiger partial charge >= 0.3 is 11.7 Å². The van der Waals surface area contributed by atoms with Gasteiger partial charge in [0.15, 0.2) is 0 Å². The Labute approximate surface area is 266 Å². The highest BCUT2D eigenvalue weighted by molar-refractivity contribution is 5.98. The quantitative estimate of drug-likeness (QED) is 0.168. The minimum absolute atomic E-state index is 0.0116. The van der Waals surface area contributed by atoms with Crippen molar-refractivity contribution in [1.82, 2.24) is 30.2 Å². The molecule has 1 aliphatic heterocycles. The van der Waals surface area contributed by atoms with E-state index in [4.69, 9.17) is 5.73 Å². The zero-order chi connectivity index (χ0) is 33.2. The van der Waals surface area contributed by atoms with Crippen LogP contribution in [0.15, 0.2) is 38.6 Å². The number of aromatic nitrogens is 4. The summed E-state index contributed by atoms with van der Waals surface area (Å²) in [6.07, 6.45) is 4.37. The van der Waals surface area contributed by atoms with Crippen molar-refractivity contribution >= 4 is 34.9 Å². The van der Waals surface area contributed by atoms with Gasteiger partial charge in [0.25, 0.3) is 28.4 Å². The first kappa shape index (κ1) is 30.3. The van der Waals surface area contributed by atoms with Crippen LogP contribution in [0.1, 0.15) is 83.1 Å². The minimum Gasteiger partial charge on any atom is -0.481 e. The fourth-order valence-corrected chi connectivity index (χ4v) is 7.70. The van der Waals surface area contributed by atoms with Crippen molar-refractivity contribution < 1.29 is 19.5 Å². The van der Waals surface area contributed by atoms with E-state index in [0.29, 0.717) is 58.0 Å². The standard InChI is InChI=1S/C32H34N8O7/c1-16(31-5-8-32(9-6-31,10-7-31)28(45)46)35-27(44)21-13-20(36-29-37-38-30(47)40(21)29)26(43)34-14-17-2-3-18-4-11-39(15-19(18)12-17)23-22(33)24(41)25(23)42/h2-3,12-13,16H,4-11,14-15,33H2,1H3,(H,34,43)(H,35,44)(H,38,47)(H,45,46). The second-order valence-electron chi connectivity index (χ2n) is 13.2. The zero-order valence-corrected chi connectivity index (χ0v) is 25.7. The molecule has 3 heterocycles. The molecule has 4 aliphatic rings. The number of anilines is 2. The molecule has 2 aromatic heterocycles. The van der Waals surface area contributed by atoms with Crippen LogP contribution in [0.5, 0.6) is 0 Å². The SMILES string of the molecule is CC(NC(=O)c1cc(C(=O)NCc2ccc3c(c2)CN(c2c(N)c(=O)c2=O)CC3)nc2n[nH]c(=O)n12)C12CCC(C(=O)O)(CC1)CC2. The number of nitrogens with zero attached hydrogens (tertiary/aromatic N) is 4. The van der Waals surface area contributed by atoms with Crippen LogP contribution >= 0.6 is 0 Å². The number of aliphatic carboxylic acids is 1. The van der Waals surface area contributed by atoms with Crippen molar-refractivity contribution in [2.24, 2.45) is 10.8 Å². The number of hydrogen-bond donors (Lipinski definition) is 5. The van der Waals surface area contributed by atoms with Gasteiger partial charge in [-0.15, -0.1) is 5.10 Å². The molecule has 244 valence electrons. The van der Waals surface area contributed by atoms with Crippen LogP contribution in [0.2, 0.25) is 0 Å². The van der Waals surface area contributed by atoms with Crippen LogP contribution < -0.4 is 37.8 Å². The number of carboxylic acids is 1. The summed E-state index contributed by atoms with van der Waals surface area (Å²) < 4.78 is 1.02. The first-order valence-electron chi connectivity index (χ1n) is 15.7. The Morgan fingerprint density at radius 2 is 1.74 bits per heavy atom. The molecule has 4 aromatic rings. The third-order valence-electron chi connectivity index (χ3n) is 10.9. The lowest BCUT2D eigenvalue weighted by Crippen LogP contribution is -2.54. The summed E-state index contributed by atoms with van der Waals surface area (Å²) in [6, 6.07) is 6.73. The molecule has 0 radical (unpaired) electrons. The average molecular weight is 643 g/mol. The zero-order valence-electron chi connectivity index (χ0n) is 25.7. The normalized spacial score (nSPS) is 22.6. The van der Waals surface area contributed by atoms with Gasteiger partial charge < -0.3 is 26.4 Å². The number of rotatable bonds is 8. The Kier molecular flexibility index (Phi) is 7.02. The predicted molar refractivity (Wildman–Crippen MR) is 169 cm³/mol.